The Morgan fingerprint density at radius 2 is 2.11 bits per heavy atom. The van der Waals surface area contributed by atoms with Crippen LogP contribution >= 0.6 is 11.8 Å². The van der Waals surface area contributed by atoms with Gasteiger partial charge in [0.25, 0.3) is 5.56 Å². The third kappa shape index (κ3) is 5.51. The maximum atomic E-state index is 12.5. The van der Waals surface area contributed by atoms with Crippen molar-refractivity contribution in [3.8, 4) is 5.88 Å². The zero-order valence-electron chi connectivity index (χ0n) is 20.0. The lowest BCUT2D eigenvalue weighted by molar-refractivity contribution is -0.113. The Balaban J connectivity index is 1.18. The molecule has 5 rings (SSSR count). The molecule has 0 aromatic carbocycles. The molecule has 1 amide bonds. The van der Waals surface area contributed by atoms with Crippen LogP contribution < -0.4 is 20.9 Å². The molecule has 1 saturated heterocycles. The summed E-state index contributed by atoms with van der Waals surface area (Å²) in [5, 5.41) is 16.8. The van der Waals surface area contributed by atoms with Crippen molar-refractivity contribution in [1.82, 2.24) is 29.7 Å². The fraction of sp³-hybridized carbons (Fsp3) is 0.458. The number of methoxy groups -OCH3 is 1. The molecule has 3 N–H and O–H groups in total. The van der Waals surface area contributed by atoms with E-state index in [1.54, 1.807) is 23.8 Å². The summed E-state index contributed by atoms with van der Waals surface area (Å²) in [7, 11) is 1.54. The number of nitrogens with one attached hydrogen (secondary N) is 2. The highest BCUT2D eigenvalue weighted by Gasteiger charge is 2.27. The van der Waals surface area contributed by atoms with E-state index in [-0.39, 0.29) is 17.4 Å². The van der Waals surface area contributed by atoms with Gasteiger partial charge in [0.05, 0.1) is 35.8 Å². The largest absolute Gasteiger partial charge is 0.481 e. The number of anilines is 1. The van der Waals surface area contributed by atoms with Crippen molar-refractivity contribution in [2.24, 2.45) is 5.92 Å². The topological polar surface area (TPSA) is 134 Å². The van der Waals surface area contributed by atoms with E-state index in [0.29, 0.717) is 67.8 Å². The van der Waals surface area contributed by atoms with Gasteiger partial charge in [-0.05, 0) is 24.6 Å². The van der Waals surface area contributed by atoms with Crippen molar-refractivity contribution in [1.29, 1.82) is 0 Å². The second-order valence-electron chi connectivity index (χ2n) is 8.98. The highest BCUT2D eigenvalue weighted by atomic mass is 32.2. The van der Waals surface area contributed by atoms with E-state index >= 15 is 0 Å². The number of rotatable bonds is 8. The van der Waals surface area contributed by atoms with E-state index in [4.69, 9.17) is 4.74 Å². The molecule has 1 unspecified atom stereocenters. The molecule has 2 aliphatic rings. The number of carbonyl (C=O) groups excluding carboxylic acids is 1. The van der Waals surface area contributed by atoms with Gasteiger partial charge in [-0.25, -0.2) is 9.97 Å². The lowest BCUT2D eigenvalue weighted by Crippen LogP contribution is -2.48. The minimum absolute atomic E-state index is 0.0347. The molecule has 5 heterocycles. The second kappa shape index (κ2) is 10.9. The molecule has 2 atom stereocenters. The molecule has 0 aliphatic carbocycles. The van der Waals surface area contributed by atoms with Crippen LogP contribution in [0.4, 0.5) is 5.82 Å². The summed E-state index contributed by atoms with van der Waals surface area (Å²) < 4.78 is 6.84. The van der Waals surface area contributed by atoms with Crippen LogP contribution in [0.3, 0.4) is 0 Å². The smallest absolute Gasteiger partial charge is 0.270 e. The van der Waals surface area contributed by atoms with Crippen molar-refractivity contribution < 1.29 is 14.6 Å². The maximum Gasteiger partial charge on any atom is 0.270 e. The third-order valence-electron chi connectivity index (χ3n) is 6.54. The molecular formula is C24H29N7O4S. The number of piperidine rings is 1. The zero-order chi connectivity index (χ0) is 25.1. The van der Waals surface area contributed by atoms with Gasteiger partial charge in [-0.1, -0.05) is 0 Å². The molecule has 1 fully saturated rings. The fourth-order valence-electron chi connectivity index (χ4n) is 4.58. The number of carbonyl (C=O) groups is 1. The summed E-state index contributed by atoms with van der Waals surface area (Å²) in [5.41, 5.74) is 1.78. The first-order valence-corrected chi connectivity index (χ1v) is 12.9. The first kappa shape index (κ1) is 24.6. The van der Waals surface area contributed by atoms with Gasteiger partial charge in [-0.2, -0.15) is 4.98 Å². The van der Waals surface area contributed by atoms with E-state index in [2.05, 4.69) is 30.5 Å². The Hall–Kier alpha value is -3.06. The van der Waals surface area contributed by atoms with Crippen LogP contribution in [0.1, 0.15) is 12.1 Å². The van der Waals surface area contributed by atoms with E-state index < -0.39 is 6.10 Å². The molecule has 3 aromatic heterocycles. The monoisotopic (exact) mass is 511 g/mol. The number of fused-ring (bicyclic) bond motifs is 2. The molecule has 3 aromatic rings. The number of nitrogens with zero attached hydrogens (tertiary/aromatic N) is 5. The molecule has 0 bridgehead atoms. The van der Waals surface area contributed by atoms with Gasteiger partial charge in [-0.3, -0.25) is 14.2 Å². The van der Waals surface area contributed by atoms with Gasteiger partial charge in [0.2, 0.25) is 11.8 Å². The van der Waals surface area contributed by atoms with Crippen molar-refractivity contribution >= 4 is 34.7 Å². The van der Waals surface area contributed by atoms with Crippen LogP contribution in [0, 0.1) is 5.92 Å². The van der Waals surface area contributed by atoms with Gasteiger partial charge >= 0.3 is 0 Å². The van der Waals surface area contributed by atoms with Gasteiger partial charge < -0.3 is 25.4 Å². The molecule has 12 heteroatoms. The number of aromatic nitrogens is 4. The fourth-order valence-corrected chi connectivity index (χ4v) is 5.34. The summed E-state index contributed by atoms with van der Waals surface area (Å²) in [6.07, 6.45) is 1.60. The van der Waals surface area contributed by atoms with Crippen molar-refractivity contribution in [2.45, 2.75) is 30.5 Å². The lowest BCUT2D eigenvalue weighted by atomic mass is 9.94. The minimum Gasteiger partial charge on any atom is -0.481 e. The number of pyridine rings is 2. The van der Waals surface area contributed by atoms with Crippen LogP contribution in [0.5, 0.6) is 5.88 Å². The van der Waals surface area contributed by atoms with Gasteiger partial charge in [0.1, 0.15) is 11.3 Å². The van der Waals surface area contributed by atoms with Crippen LogP contribution in [0.2, 0.25) is 0 Å². The molecule has 36 heavy (non-hydrogen) atoms. The summed E-state index contributed by atoms with van der Waals surface area (Å²) >= 11 is 1.49. The van der Waals surface area contributed by atoms with Gasteiger partial charge in [0.15, 0.2) is 5.65 Å². The minimum atomic E-state index is -0.392. The predicted molar refractivity (Wildman–Crippen MR) is 136 cm³/mol. The highest BCUT2D eigenvalue weighted by Crippen LogP contribution is 2.29. The number of amides is 1. The van der Waals surface area contributed by atoms with Gasteiger partial charge in [-0.15, -0.1) is 11.8 Å². The number of likely N-dealkylation sites (tertiary alicyclic amines) is 1. The molecule has 0 spiro atoms. The van der Waals surface area contributed by atoms with E-state index in [9.17, 15) is 14.7 Å². The maximum absolute atomic E-state index is 12.5. The Morgan fingerprint density at radius 3 is 2.97 bits per heavy atom. The van der Waals surface area contributed by atoms with E-state index in [1.807, 2.05) is 12.1 Å². The second-order valence-corrected chi connectivity index (χ2v) is 10.00. The van der Waals surface area contributed by atoms with E-state index in [1.165, 1.54) is 18.0 Å². The Labute approximate surface area is 212 Å². The number of aliphatic hydroxyl groups excluding tert-OH is 1. The van der Waals surface area contributed by atoms with Crippen molar-refractivity contribution in [3.05, 3.63) is 46.5 Å². The summed E-state index contributed by atoms with van der Waals surface area (Å²) in [6, 6.07) is 7.46. The number of hydrogen-bond acceptors (Lipinski definition) is 10. The predicted octanol–water partition coefficient (Wildman–Crippen LogP) is 0.712. The SMILES string of the molecule is COc1ccc2ncc(=O)n(CCN3CCC(O)[C@@H](CNCc4ccc5c(n4)NC(=O)CS5)C3)c2n1. The zero-order valence-corrected chi connectivity index (χ0v) is 20.8. The average Bonchev–Trinajstić information content (AvgIpc) is 2.89. The number of ether oxygens (including phenoxy) is 1. The Bertz CT molecular complexity index is 1320. The molecule has 0 saturated carbocycles. The lowest BCUT2D eigenvalue weighted by Gasteiger charge is -2.36. The van der Waals surface area contributed by atoms with Crippen molar-refractivity contribution in [2.75, 3.05) is 44.4 Å². The number of hydrogen-bond donors (Lipinski definition) is 3. The van der Waals surface area contributed by atoms with E-state index in [0.717, 1.165) is 17.1 Å². The molecule has 2 aliphatic heterocycles. The first-order chi connectivity index (χ1) is 17.5. The van der Waals surface area contributed by atoms with Gasteiger partial charge in [0, 0.05) is 51.3 Å². The highest BCUT2D eigenvalue weighted by molar-refractivity contribution is 8.00. The summed E-state index contributed by atoms with van der Waals surface area (Å²) in [6.45, 7) is 3.78. The normalized spacial score (nSPS) is 20.2. The number of thioether (sulfide) groups is 1. The molecule has 190 valence electrons. The molecular weight excluding hydrogens is 482 g/mol. The average molecular weight is 512 g/mol. The first-order valence-electron chi connectivity index (χ1n) is 11.9. The summed E-state index contributed by atoms with van der Waals surface area (Å²) in [4.78, 5) is 40.6. The Kier molecular flexibility index (Phi) is 7.46. The molecule has 0 radical (unpaired) electrons. The van der Waals surface area contributed by atoms with Crippen LogP contribution in [0.15, 0.2) is 40.2 Å². The third-order valence-corrected chi connectivity index (χ3v) is 7.58. The Morgan fingerprint density at radius 1 is 1.22 bits per heavy atom. The summed E-state index contributed by atoms with van der Waals surface area (Å²) in [5.74, 6) is 1.48. The van der Waals surface area contributed by atoms with Crippen LogP contribution in [-0.2, 0) is 17.9 Å². The quantitative estimate of drug-likeness (QED) is 0.397. The van der Waals surface area contributed by atoms with Crippen LogP contribution in [-0.4, -0.2) is 80.6 Å². The number of aliphatic hydroxyl groups is 1. The molecule has 11 nitrogen and oxygen atoms in total. The van der Waals surface area contributed by atoms with Crippen molar-refractivity contribution in [3.63, 3.8) is 0 Å². The standard InChI is InChI=1S/C24H29N7O4S/c1-35-21-5-3-17-24(29-21)31(22(34)12-26-17)9-8-30-7-6-18(32)15(13-30)10-25-11-16-2-4-19-23(27-16)28-20(33)14-36-19/h2-5,12,15,18,25,32H,6-11,13-14H2,1H3,(H,27,28,33)/t15-,18?/m0/s1. The van der Waals surface area contributed by atoms with Crippen LogP contribution in [0.25, 0.3) is 11.2 Å².